The van der Waals surface area contributed by atoms with E-state index in [4.69, 9.17) is 16.6 Å². The Balaban J connectivity index is 0.00000220. The van der Waals surface area contributed by atoms with Gasteiger partial charge in [-0.3, -0.25) is 14.4 Å². The average Bonchev–Trinajstić information content (AvgIpc) is 2.97. The molecule has 2 fully saturated rings. The second-order valence-electron chi connectivity index (χ2n) is 5.36. The smallest absolute Gasteiger partial charge is 0.249 e. The highest BCUT2D eigenvalue weighted by atomic mass is 32.1. The molecule has 9 heteroatoms. The number of hydrogen-bond acceptors (Lipinski definition) is 5. The van der Waals surface area contributed by atoms with E-state index in [9.17, 15) is 14.4 Å². The van der Waals surface area contributed by atoms with Crippen LogP contribution in [0.5, 0.6) is 0 Å². The molecular weight excluding hydrogens is 296 g/mol. The Morgan fingerprint density at radius 2 is 2.00 bits per heavy atom. The third-order valence-corrected chi connectivity index (χ3v) is 4.10. The van der Waals surface area contributed by atoms with Gasteiger partial charge in [0.1, 0.15) is 11.6 Å². The molecule has 5 N–H and O–H groups in total. The lowest BCUT2D eigenvalue weighted by Crippen LogP contribution is -2.57. The van der Waals surface area contributed by atoms with Gasteiger partial charge in [-0.25, -0.2) is 0 Å². The molecule has 2 rings (SSSR count). The number of carbonyl (C=O) groups excluding carboxylic acids is 3. The summed E-state index contributed by atoms with van der Waals surface area (Å²) >= 11 is 0. The normalized spacial score (nSPS) is 26.1. The molecule has 1 unspecified atom stereocenters. The lowest BCUT2D eigenvalue weighted by molar-refractivity contribution is -0.148. The monoisotopic (exact) mass is 318 g/mol. The number of hydrogen-bond donors (Lipinski definition) is 3. The molecule has 0 bridgehead atoms. The summed E-state index contributed by atoms with van der Waals surface area (Å²) in [5, 5.41) is 9.00. The van der Waals surface area contributed by atoms with Crippen LogP contribution < -0.4 is 11.5 Å². The number of nitrogens with zero attached hydrogens (tertiary/aromatic N) is 2. The number of rotatable bonds is 4. The summed E-state index contributed by atoms with van der Waals surface area (Å²) in [6, 6.07) is -1.01. The van der Waals surface area contributed by atoms with Gasteiger partial charge in [-0.05, 0) is 19.3 Å². The summed E-state index contributed by atoms with van der Waals surface area (Å²) in [5.74, 6) is -1.23. The largest absolute Gasteiger partial charge is 0.394 e. The van der Waals surface area contributed by atoms with Crippen molar-refractivity contribution >= 4 is 31.2 Å². The number of nitrogens with two attached hydrogens (primary N) is 2. The van der Waals surface area contributed by atoms with Crippen LogP contribution in [0.15, 0.2) is 0 Å². The lowest BCUT2D eigenvalue weighted by atomic mass is 9.93. The van der Waals surface area contributed by atoms with Crippen LogP contribution >= 0.6 is 13.5 Å². The highest BCUT2D eigenvalue weighted by Crippen LogP contribution is 2.38. The van der Waals surface area contributed by atoms with Crippen molar-refractivity contribution < 1.29 is 19.5 Å². The summed E-state index contributed by atoms with van der Waals surface area (Å²) in [6.07, 6.45) is 1.74. The first-order valence-corrected chi connectivity index (χ1v) is 6.68. The van der Waals surface area contributed by atoms with E-state index in [1.807, 2.05) is 0 Å². The molecule has 0 aromatic rings. The van der Waals surface area contributed by atoms with E-state index in [-0.39, 0.29) is 25.9 Å². The Morgan fingerprint density at radius 1 is 1.33 bits per heavy atom. The molecule has 3 amide bonds. The summed E-state index contributed by atoms with van der Waals surface area (Å²) in [6.45, 7) is 0.266. The van der Waals surface area contributed by atoms with E-state index in [2.05, 4.69) is 0 Å². The molecule has 0 aliphatic carbocycles. The minimum atomic E-state index is -1.01. The van der Waals surface area contributed by atoms with Crippen LogP contribution in [0.25, 0.3) is 0 Å². The van der Waals surface area contributed by atoms with Crippen LogP contribution in [-0.4, -0.2) is 70.4 Å². The van der Waals surface area contributed by atoms with Gasteiger partial charge in [0.15, 0.2) is 0 Å². The van der Waals surface area contributed by atoms with Gasteiger partial charge in [-0.1, -0.05) is 0 Å². The Bertz CT molecular complexity index is 447. The number of carbonyl (C=O) groups is 3. The summed E-state index contributed by atoms with van der Waals surface area (Å²) < 4.78 is 0. The Labute approximate surface area is 129 Å². The first-order valence-electron chi connectivity index (χ1n) is 6.68. The molecule has 8 nitrogen and oxygen atoms in total. The van der Waals surface area contributed by atoms with Gasteiger partial charge < -0.3 is 26.4 Å². The fourth-order valence-corrected chi connectivity index (χ4v) is 3.12. The molecule has 1 spiro atoms. The summed E-state index contributed by atoms with van der Waals surface area (Å²) in [7, 11) is 0. The van der Waals surface area contributed by atoms with Crippen molar-refractivity contribution in [1.29, 1.82) is 0 Å². The SMILES string of the molecule is NC(=O)CN1CCC2(CCCN2C(=O)[C@@H](N)CO)C1=O.S. The molecule has 2 atom stereocenters. The third-order valence-electron chi connectivity index (χ3n) is 4.10. The van der Waals surface area contributed by atoms with Crippen molar-refractivity contribution in [3.05, 3.63) is 0 Å². The highest BCUT2D eigenvalue weighted by molar-refractivity contribution is 7.59. The van der Waals surface area contributed by atoms with E-state index < -0.39 is 30.0 Å². The minimum absolute atomic E-state index is 0. The van der Waals surface area contributed by atoms with Gasteiger partial charge in [-0.15, -0.1) is 0 Å². The fourth-order valence-electron chi connectivity index (χ4n) is 3.12. The molecule has 120 valence electrons. The summed E-state index contributed by atoms with van der Waals surface area (Å²) in [5.41, 5.74) is 9.78. The number of likely N-dealkylation sites (tertiary alicyclic amines) is 2. The lowest BCUT2D eigenvalue weighted by Gasteiger charge is -2.34. The first kappa shape index (κ1) is 17.7. The third kappa shape index (κ3) is 2.99. The zero-order chi connectivity index (χ0) is 14.9. The predicted molar refractivity (Wildman–Crippen MR) is 79.5 cm³/mol. The molecule has 21 heavy (non-hydrogen) atoms. The van der Waals surface area contributed by atoms with Crippen LogP contribution in [0.2, 0.25) is 0 Å². The summed E-state index contributed by atoms with van der Waals surface area (Å²) in [4.78, 5) is 38.5. The van der Waals surface area contributed by atoms with Crippen molar-refractivity contribution in [1.82, 2.24) is 9.80 Å². The molecule has 2 aliphatic rings. The maximum Gasteiger partial charge on any atom is 0.249 e. The van der Waals surface area contributed by atoms with E-state index in [1.54, 1.807) is 0 Å². The van der Waals surface area contributed by atoms with E-state index in [0.29, 0.717) is 32.4 Å². The van der Waals surface area contributed by atoms with Crippen LogP contribution in [0.1, 0.15) is 19.3 Å². The minimum Gasteiger partial charge on any atom is -0.394 e. The molecule has 0 saturated carbocycles. The average molecular weight is 318 g/mol. The van der Waals surface area contributed by atoms with Gasteiger partial charge in [-0.2, -0.15) is 13.5 Å². The van der Waals surface area contributed by atoms with E-state index >= 15 is 0 Å². The van der Waals surface area contributed by atoms with Gasteiger partial charge >= 0.3 is 0 Å². The van der Waals surface area contributed by atoms with Crippen LogP contribution in [0.3, 0.4) is 0 Å². The van der Waals surface area contributed by atoms with Crippen molar-refractivity contribution in [2.24, 2.45) is 11.5 Å². The topological polar surface area (TPSA) is 130 Å². The Morgan fingerprint density at radius 3 is 2.57 bits per heavy atom. The predicted octanol–water partition coefficient (Wildman–Crippen LogP) is -2.50. The number of amides is 3. The van der Waals surface area contributed by atoms with Gasteiger partial charge in [0.05, 0.1) is 13.2 Å². The van der Waals surface area contributed by atoms with Crippen molar-refractivity contribution in [3.8, 4) is 0 Å². The van der Waals surface area contributed by atoms with Gasteiger partial charge in [0.2, 0.25) is 17.7 Å². The molecule has 0 radical (unpaired) electrons. The Kier molecular flexibility index (Phi) is 5.60. The van der Waals surface area contributed by atoms with Crippen LogP contribution in [0, 0.1) is 0 Å². The second-order valence-corrected chi connectivity index (χ2v) is 5.36. The maximum absolute atomic E-state index is 12.5. The molecular formula is C12H22N4O4S. The highest BCUT2D eigenvalue weighted by Gasteiger charge is 2.55. The zero-order valence-electron chi connectivity index (χ0n) is 11.7. The number of aliphatic hydroxyl groups excluding tert-OH is 1. The molecule has 0 aromatic carbocycles. The zero-order valence-corrected chi connectivity index (χ0v) is 12.7. The van der Waals surface area contributed by atoms with E-state index in [1.165, 1.54) is 9.80 Å². The van der Waals surface area contributed by atoms with Crippen molar-refractivity contribution in [2.45, 2.75) is 30.8 Å². The molecule has 2 heterocycles. The van der Waals surface area contributed by atoms with Crippen molar-refractivity contribution in [2.75, 3.05) is 26.2 Å². The second kappa shape index (κ2) is 6.63. The Hall–Kier alpha value is -1.32. The maximum atomic E-state index is 12.5. The quantitative estimate of drug-likeness (QED) is 0.527. The van der Waals surface area contributed by atoms with Crippen LogP contribution in [0.4, 0.5) is 0 Å². The van der Waals surface area contributed by atoms with E-state index in [0.717, 1.165) is 0 Å². The number of aliphatic hydroxyl groups is 1. The first-order chi connectivity index (χ1) is 9.42. The van der Waals surface area contributed by atoms with Gasteiger partial charge in [0, 0.05) is 13.1 Å². The van der Waals surface area contributed by atoms with Crippen molar-refractivity contribution in [3.63, 3.8) is 0 Å². The molecule has 0 aromatic heterocycles. The van der Waals surface area contributed by atoms with Gasteiger partial charge in [0.25, 0.3) is 0 Å². The molecule has 2 saturated heterocycles. The molecule has 2 aliphatic heterocycles. The van der Waals surface area contributed by atoms with Crippen LogP contribution in [-0.2, 0) is 14.4 Å². The number of primary amides is 1. The fraction of sp³-hybridized carbons (Fsp3) is 0.750. The standard InChI is InChI=1S/C12H20N4O4.H2S/c13-8(7-17)10(19)16-4-1-2-12(16)3-5-15(11(12)20)6-9(14)18;/h8,17H,1-7,13H2,(H2,14,18);1H2/t8-,12?;/m0./s1.